The van der Waals surface area contributed by atoms with Crippen LogP contribution in [0.25, 0.3) is 0 Å². The predicted octanol–water partition coefficient (Wildman–Crippen LogP) is 4.59. The summed E-state index contributed by atoms with van der Waals surface area (Å²) in [6.07, 6.45) is 0. The third kappa shape index (κ3) is 1.75. The van der Waals surface area contributed by atoms with Crippen molar-refractivity contribution in [2.45, 2.75) is 10.2 Å². The molecule has 1 aliphatic heterocycles. The zero-order valence-electron chi connectivity index (χ0n) is 14.9. The van der Waals surface area contributed by atoms with Gasteiger partial charge in [-0.3, -0.25) is 9.59 Å². The number of benzene rings is 3. The molecular formula is C24H16BrNO2. The van der Waals surface area contributed by atoms with Crippen LogP contribution in [0.1, 0.15) is 28.2 Å². The third-order valence-corrected chi connectivity index (χ3v) is 7.88. The smallest absolute Gasteiger partial charge is 0.239 e. The summed E-state index contributed by atoms with van der Waals surface area (Å²) >= 11 is 4.01. The van der Waals surface area contributed by atoms with Crippen LogP contribution in [0.3, 0.4) is 0 Å². The molecule has 2 amide bonds. The highest BCUT2D eigenvalue weighted by Gasteiger charge is 2.67. The van der Waals surface area contributed by atoms with E-state index in [9.17, 15) is 9.59 Å². The Morgan fingerprint density at radius 2 is 1.25 bits per heavy atom. The van der Waals surface area contributed by atoms with Crippen molar-refractivity contribution in [1.82, 2.24) is 0 Å². The Bertz CT molecular complexity index is 1110. The lowest BCUT2D eigenvalue weighted by Crippen LogP contribution is -2.50. The highest BCUT2D eigenvalue weighted by Crippen LogP contribution is 2.66. The average molecular weight is 430 g/mol. The minimum atomic E-state index is -0.685. The minimum absolute atomic E-state index is 0.0954. The number of amides is 2. The van der Waals surface area contributed by atoms with E-state index in [1.165, 1.54) is 4.90 Å². The molecule has 3 aliphatic carbocycles. The number of imide groups is 1. The summed E-state index contributed by atoms with van der Waals surface area (Å²) in [5.74, 6) is -1.15. The summed E-state index contributed by atoms with van der Waals surface area (Å²) < 4.78 is -0.685. The number of rotatable bonds is 1. The van der Waals surface area contributed by atoms with Gasteiger partial charge in [0.25, 0.3) is 0 Å². The number of hydrogen-bond acceptors (Lipinski definition) is 2. The molecule has 2 bridgehead atoms. The Balaban J connectivity index is 1.64. The van der Waals surface area contributed by atoms with Gasteiger partial charge in [0.2, 0.25) is 11.8 Å². The van der Waals surface area contributed by atoms with E-state index in [-0.39, 0.29) is 17.7 Å². The van der Waals surface area contributed by atoms with Gasteiger partial charge in [-0.05, 0) is 34.4 Å². The monoisotopic (exact) mass is 429 g/mol. The molecule has 1 fully saturated rings. The second kappa shape index (κ2) is 5.42. The number of nitrogens with zero attached hydrogens (tertiary/aromatic N) is 1. The van der Waals surface area contributed by atoms with Crippen LogP contribution in [-0.4, -0.2) is 11.8 Å². The fourth-order valence-corrected chi connectivity index (χ4v) is 6.71. The summed E-state index contributed by atoms with van der Waals surface area (Å²) in [4.78, 5) is 28.6. The first-order valence-corrected chi connectivity index (χ1v) is 10.2. The van der Waals surface area contributed by atoms with E-state index in [1.54, 1.807) is 0 Å². The van der Waals surface area contributed by atoms with Gasteiger partial charge >= 0.3 is 0 Å². The molecule has 1 saturated heterocycles. The number of halogens is 1. The summed E-state index contributed by atoms with van der Waals surface area (Å²) in [7, 11) is 0. The SMILES string of the molecule is O=C1C2[C@H](C(=O)N1c1ccccc1)C1c3ccccc3C2(Br)c2ccccc21. The van der Waals surface area contributed by atoms with Crippen LogP contribution in [0.4, 0.5) is 5.69 Å². The van der Waals surface area contributed by atoms with Crippen LogP contribution in [-0.2, 0) is 13.9 Å². The molecule has 3 nitrogen and oxygen atoms in total. The molecular weight excluding hydrogens is 414 g/mol. The first-order valence-electron chi connectivity index (χ1n) is 9.44. The molecule has 3 aromatic carbocycles. The van der Waals surface area contributed by atoms with Crippen LogP contribution >= 0.6 is 15.9 Å². The molecule has 0 N–H and O–H groups in total. The summed E-state index contributed by atoms with van der Waals surface area (Å²) in [6.45, 7) is 0. The van der Waals surface area contributed by atoms with E-state index in [1.807, 2.05) is 54.6 Å². The molecule has 1 heterocycles. The standard InChI is InChI=1S/C24H16BrNO2/c25-24-17-12-6-4-10-15(17)19(16-11-5-7-13-18(16)24)20-21(24)23(28)26(22(20)27)14-8-2-1-3-9-14/h1-13,19-21H/t19?,20-,21?,24?/m1/s1. The zero-order chi connectivity index (χ0) is 19.0. The molecule has 0 spiro atoms. The number of para-hydroxylation sites is 1. The van der Waals surface area contributed by atoms with Crippen molar-refractivity contribution in [2.75, 3.05) is 4.90 Å². The molecule has 4 heteroatoms. The number of carbonyl (C=O) groups excluding carboxylic acids is 2. The highest BCUT2D eigenvalue weighted by atomic mass is 79.9. The second-order valence-corrected chi connectivity index (χ2v) is 8.97. The molecule has 0 saturated carbocycles. The fourth-order valence-electron chi connectivity index (χ4n) is 5.51. The van der Waals surface area contributed by atoms with Crippen molar-refractivity contribution in [3.8, 4) is 0 Å². The maximum Gasteiger partial charge on any atom is 0.239 e. The Morgan fingerprint density at radius 3 is 1.86 bits per heavy atom. The topological polar surface area (TPSA) is 37.4 Å². The lowest BCUT2D eigenvalue weighted by molar-refractivity contribution is -0.122. The third-order valence-electron chi connectivity index (χ3n) is 6.53. The zero-order valence-corrected chi connectivity index (χ0v) is 16.5. The number of anilines is 1. The predicted molar refractivity (Wildman–Crippen MR) is 110 cm³/mol. The fraction of sp³-hybridized carbons (Fsp3) is 0.167. The van der Waals surface area contributed by atoms with E-state index in [0.29, 0.717) is 5.69 Å². The van der Waals surface area contributed by atoms with Gasteiger partial charge in [0, 0.05) is 5.92 Å². The number of hydrogen-bond donors (Lipinski definition) is 0. The number of alkyl halides is 1. The van der Waals surface area contributed by atoms with Gasteiger partial charge in [-0.1, -0.05) is 82.7 Å². The molecule has 136 valence electrons. The minimum Gasteiger partial charge on any atom is -0.274 e. The Kier molecular flexibility index (Phi) is 3.15. The van der Waals surface area contributed by atoms with Crippen molar-refractivity contribution in [3.63, 3.8) is 0 Å². The van der Waals surface area contributed by atoms with Gasteiger partial charge in [0.1, 0.15) is 0 Å². The normalized spacial score (nSPS) is 29.5. The molecule has 0 radical (unpaired) electrons. The Hall–Kier alpha value is -2.72. The van der Waals surface area contributed by atoms with Gasteiger partial charge in [-0.25, -0.2) is 4.90 Å². The van der Waals surface area contributed by atoms with Gasteiger partial charge in [0.15, 0.2) is 0 Å². The average Bonchev–Trinajstić information content (AvgIpc) is 3.01. The molecule has 1 unspecified atom stereocenters. The van der Waals surface area contributed by atoms with Crippen molar-refractivity contribution >= 4 is 33.4 Å². The lowest BCUT2D eigenvalue weighted by Gasteiger charge is -2.51. The lowest BCUT2D eigenvalue weighted by atomic mass is 9.55. The van der Waals surface area contributed by atoms with Crippen LogP contribution in [0.2, 0.25) is 0 Å². The first kappa shape index (κ1) is 16.3. The highest BCUT2D eigenvalue weighted by molar-refractivity contribution is 9.09. The van der Waals surface area contributed by atoms with E-state index in [0.717, 1.165) is 22.3 Å². The molecule has 0 aromatic heterocycles. The van der Waals surface area contributed by atoms with E-state index in [4.69, 9.17) is 0 Å². The van der Waals surface area contributed by atoms with Crippen LogP contribution < -0.4 is 4.90 Å². The van der Waals surface area contributed by atoms with Crippen LogP contribution in [0.15, 0.2) is 78.9 Å². The number of carbonyl (C=O) groups is 2. The molecule has 4 aliphatic rings. The van der Waals surface area contributed by atoms with Gasteiger partial charge < -0.3 is 0 Å². The maximum atomic E-state index is 13.6. The molecule has 28 heavy (non-hydrogen) atoms. The summed E-state index contributed by atoms with van der Waals surface area (Å²) in [6, 6.07) is 25.7. The van der Waals surface area contributed by atoms with E-state index < -0.39 is 16.2 Å². The van der Waals surface area contributed by atoms with Gasteiger partial charge in [-0.15, -0.1) is 0 Å². The van der Waals surface area contributed by atoms with E-state index >= 15 is 0 Å². The first-order chi connectivity index (χ1) is 13.6. The van der Waals surface area contributed by atoms with Gasteiger partial charge in [0.05, 0.1) is 21.8 Å². The Morgan fingerprint density at radius 1 is 0.714 bits per heavy atom. The van der Waals surface area contributed by atoms with E-state index in [2.05, 4.69) is 40.2 Å². The van der Waals surface area contributed by atoms with Crippen LogP contribution in [0.5, 0.6) is 0 Å². The quantitative estimate of drug-likeness (QED) is 0.419. The Labute approximate surface area is 171 Å². The molecule has 2 atom stereocenters. The second-order valence-electron chi connectivity index (χ2n) is 7.71. The van der Waals surface area contributed by atoms with Crippen molar-refractivity contribution < 1.29 is 9.59 Å². The summed E-state index contributed by atoms with van der Waals surface area (Å²) in [5, 5.41) is 0. The molecule has 3 aromatic rings. The largest absolute Gasteiger partial charge is 0.274 e. The van der Waals surface area contributed by atoms with Crippen molar-refractivity contribution in [3.05, 3.63) is 101 Å². The summed E-state index contributed by atoms with van der Waals surface area (Å²) in [5.41, 5.74) is 5.16. The molecule has 7 rings (SSSR count). The van der Waals surface area contributed by atoms with Crippen LogP contribution in [0, 0.1) is 11.8 Å². The van der Waals surface area contributed by atoms with Gasteiger partial charge in [-0.2, -0.15) is 0 Å². The van der Waals surface area contributed by atoms with Crippen molar-refractivity contribution in [2.24, 2.45) is 11.8 Å². The van der Waals surface area contributed by atoms with Crippen molar-refractivity contribution in [1.29, 1.82) is 0 Å². The maximum absolute atomic E-state index is 13.6.